The topological polar surface area (TPSA) is 96.0 Å². The molecule has 2 rings (SSSR count). The van der Waals surface area contributed by atoms with E-state index in [0.29, 0.717) is 17.9 Å². The van der Waals surface area contributed by atoms with E-state index in [0.717, 1.165) is 16.1 Å². The molecule has 0 bridgehead atoms. The van der Waals surface area contributed by atoms with Crippen molar-refractivity contribution in [2.24, 2.45) is 0 Å². The summed E-state index contributed by atoms with van der Waals surface area (Å²) in [6, 6.07) is 15.2. The molecular formula is C22H29N3O5S. The van der Waals surface area contributed by atoms with Crippen molar-refractivity contribution in [1.82, 2.24) is 14.5 Å². The van der Waals surface area contributed by atoms with Crippen molar-refractivity contribution in [3.05, 3.63) is 65.7 Å². The maximum atomic E-state index is 13.3. The number of rotatable bonds is 10. The molecule has 2 amide bonds. The molecule has 0 aliphatic rings. The van der Waals surface area contributed by atoms with Crippen LogP contribution in [0.15, 0.2) is 54.6 Å². The number of sulfonamides is 1. The van der Waals surface area contributed by atoms with Crippen molar-refractivity contribution in [2.75, 3.05) is 33.5 Å². The lowest BCUT2D eigenvalue weighted by Gasteiger charge is -2.32. The Morgan fingerprint density at radius 1 is 1.06 bits per heavy atom. The van der Waals surface area contributed by atoms with Gasteiger partial charge < -0.3 is 15.0 Å². The molecule has 31 heavy (non-hydrogen) atoms. The lowest BCUT2D eigenvalue weighted by atomic mass is 10.0. The Bertz CT molecular complexity index is 978. The van der Waals surface area contributed by atoms with Crippen LogP contribution >= 0.6 is 0 Å². The van der Waals surface area contributed by atoms with E-state index in [1.807, 2.05) is 6.07 Å². The molecule has 0 spiro atoms. The lowest BCUT2D eigenvalue weighted by Crippen LogP contribution is -2.47. The molecule has 0 saturated heterocycles. The Hall–Kier alpha value is -2.91. The summed E-state index contributed by atoms with van der Waals surface area (Å²) < 4.78 is 29.9. The van der Waals surface area contributed by atoms with Gasteiger partial charge in [-0.3, -0.25) is 9.59 Å². The molecule has 0 aliphatic carbocycles. The summed E-state index contributed by atoms with van der Waals surface area (Å²) in [4.78, 5) is 27.7. The minimum Gasteiger partial charge on any atom is -0.497 e. The van der Waals surface area contributed by atoms with E-state index in [1.54, 1.807) is 62.6 Å². The summed E-state index contributed by atoms with van der Waals surface area (Å²) in [5, 5.41) is 2.78. The molecule has 1 N–H and O–H groups in total. The Labute approximate surface area is 183 Å². The van der Waals surface area contributed by atoms with Gasteiger partial charge in [-0.05, 0) is 30.2 Å². The number of methoxy groups -OCH3 is 1. The minimum absolute atomic E-state index is 0.122. The van der Waals surface area contributed by atoms with Crippen LogP contribution in [0.1, 0.15) is 24.1 Å². The van der Waals surface area contributed by atoms with Gasteiger partial charge >= 0.3 is 0 Å². The van der Waals surface area contributed by atoms with Crippen LogP contribution in [0.3, 0.4) is 0 Å². The third kappa shape index (κ3) is 6.80. The molecule has 0 saturated carbocycles. The van der Waals surface area contributed by atoms with Gasteiger partial charge in [0.05, 0.1) is 19.9 Å². The smallest absolute Gasteiger partial charge is 0.247 e. The molecular weight excluding hydrogens is 418 g/mol. The highest BCUT2D eigenvalue weighted by Crippen LogP contribution is 2.25. The molecule has 0 aliphatic heterocycles. The number of hydrogen-bond acceptors (Lipinski definition) is 5. The van der Waals surface area contributed by atoms with Crippen molar-refractivity contribution in [1.29, 1.82) is 0 Å². The number of benzene rings is 2. The van der Waals surface area contributed by atoms with Crippen LogP contribution in [0.4, 0.5) is 0 Å². The first-order valence-electron chi connectivity index (χ1n) is 9.83. The van der Waals surface area contributed by atoms with Gasteiger partial charge in [0.2, 0.25) is 21.8 Å². The Balaban J connectivity index is 2.47. The summed E-state index contributed by atoms with van der Waals surface area (Å²) in [5.41, 5.74) is 1.42. The maximum Gasteiger partial charge on any atom is 0.247 e. The average molecular weight is 448 g/mol. The molecule has 2 aromatic rings. The van der Waals surface area contributed by atoms with Gasteiger partial charge in [0.1, 0.15) is 11.8 Å². The van der Waals surface area contributed by atoms with E-state index in [1.165, 1.54) is 11.9 Å². The molecule has 0 fully saturated rings. The normalized spacial score (nSPS) is 12.3. The lowest BCUT2D eigenvalue weighted by molar-refractivity contribution is -0.141. The zero-order chi connectivity index (χ0) is 23.0. The Kier molecular flexibility index (Phi) is 8.58. The quantitative estimate of drug-likeness (QED) is 0.599. The number of carbonyl (C=O) groups excluding carboxylic acids is 2. The van der Waals surface area contributed by atoms with Gasteiger partial charge in [0, 0.05) is 20.1 Å². The van der Waals surface area contributed by atoms with Crippen molar-refractivity contribution in [2.45, 2.75) is 19.5 Å². The fourth-order valence-corrected chi connectivity index (χ4v) is 3.37. The van der Waals surface area contributed by atoms with Gasteiger partial charge in [0.15, 0.2) is 0 Å². The van der Waals surface area contributed by atoms with Gasteiger partial charge in [-0.15, -0.1) is 0 Å². The van der Waals surface area contributed by atoms with Crippen molar-refractivity contribution >= 4 is 21.8 Å². The van der Waals surface area contributed by atoms with Crippen LogP contribution in [0, 0.1) is 0 Å². The SMILES string of the molecule is CCNC(=O)C(c1ccccc1)N(Cc1ccc(OC)cc1)C(=O)CN(C)S(C)(=O)=O. The molecule has 8 nitrogen and oxygen atoms in total. The predicted molar refractivity (Wildman–Crippen MR) is 119 cm³/mol. The summed E-state index contributed by atoms with van der Waals surface area (Å²) in [7, 11) is -0.668. The number of likely N-dealkylation sites (N-methyl/N-ethyl adjacent to an activating group) is 2. The van der Waals surface area contributed by atoms with Crippen molar-refractivity contribution in [3.8, 4) is 5.75 Å². The zero-order valence-electron chi connectivity index (χ0n) is 18.2. The van der Waals surface area contributed by atoms with E-state index in [2.05, 4.69) is 5.32 Å². The van der Waals surface area contributed by atoms with Gasteiger partial charge in [0.25, 0.3) is 0 Å². The first kappa shape index (κ1) is 24.4. The minimum atomic E-state index is -3.57. The number of nitrogens with zero attached hydrogens (tertiary/aromatic N) is 2. The zero-order valence-corrected chi connectivity index (χ0v) is 19.1. The summed E-state index contributed by atoms with van der Waals surface area (Å²) in [6.45, 7) is 1.94. The monoisotopic (exact) mass is 447 g/mol. The van der Waals surface area contributed by atoms with Crippen LogP contribution in [-0.2, 0) is 26.2 Å². The van der Waals surface area contributed by atoms with Gasteiger partial charge in [-0.1, -0.05) is 42.5 Å². The second-order valence-corrected chi connectivity index (χ2v) is 9.19. The van der Waals surface area contributed by atoms with Gasteiger partial charge in [-0.25, -0.2) is 8.42 Å². The fourth-order valence-electron chi connectivity index (χ4n) is 3.03. The highest BCUT2D eigenvalue weighted by Gasteiger charge is 2.32. The standard InChI is InChI=1S/C22H29N3O5S/c1-5-23-22(27)21(18-9-7-6-8-10-18)25(20(26)16-24(2)31(4,28)29)15-17-11-13-19(30-3)14-12-17/h6-14,21H,5,15-16H2,1-4H3,(H,23,27). The van der Waals surface area contributed by atoms with Crippen molar-refractivity contribution in [3.63, 3.8) is 0 Å². The fraction of sp³-hybridized carbons (Fsp3) is 0.364. The second kappa shape index (κ2) is 10.9. The molecule has 168 valence electrons. The Morgan fingerprint density at radius 3 is 2.19 bits per heavy atom. The molecule has 2 aromatic carbocycles. The number of nitrogens with one attached hydrogen (secondary N) is 1. The second-order valence-electron chi connectivity index (χ2n) is 7.10. The average Bonchev–Trinajstić information content (AvgIpc) is 2.74. The number of amides is 2. The van der Waals surface area contributed by atoms with E-state index in [9.17, 15) is 18.0 Å². The molecule has 9 heteroatoms. The van der Waals surface area contributed by atoms with E-state index in [4.69, 9.17) is 4.74 Å². The molecule has 0 aromatic heterocycles. The number of ether oxygens (including phenoxy) is 1. The first-order chi connectivity index (χ1) is 14.7. The predicted octanol–water partition coefficient (Wildman–Crippen LogP) is 1.79. The van der Waals surface area contributed by atoms with Crippen LogP contribution in [-0.4, -0.2) is 62.9 Å². The van der Waals surface area contributed by atoms with E-state index < -0.39 is 22.0 Å². The highest BCUT2D eigenvalue weighted by atomic mass is 32.2. The Morgan fingerprint density at radius 2 is 1.68 bits per heavy atom. The molecule has 1 unspecified atom stereocenters. The third-order valence-corrected chi connectivity index (χ3v) is 6.04. The largest absolute Gasteiger partial charge is 0.497 e. The summed E-state index contributed by atoms with van der Waals surface area (Å²) >= 11 is 0. The van der Waals surface area contributed by atoms with E-state index >= 15 is 0 Å². The van der Waals surface area contributed by atoms with E-state index in [-0.39, 0.29) is 19.0 Å². The number of hydrogen-bond donors (Lipinski definition) is 1. The van der Waals surface area contributed by atoms with Crippen LogP contribution in [0.2, 0.25) is 0 Å². The maximum absolute atomic E-state index is 13.3. The summed E-state index contributed by atoms with van der Waals surface area (Å²) in [5.74, 6) is -0.150. The van der Waals surface area contributed by atoms with Crippen LogP contribution in [0.25, 0.3) is 0 Å². The summed E-state index contributed by atoms with van der Waals surface area (Å²) in [6.07, 6.45) is 1.03. The molecule has 0 heterocycles. The highest BCUT2D eigenvalue weighted by molar-refractivity contribution is 7.88. The van der Waals surface area contributed by atoms with Crippen LogP contribution in [0.5, 0.6) is 5.75 Å². The van der Waals surface area contributed by atoms with Crippen molar-refractivity contribution < 1.29 is 22.7 Å². The van der Waals surface area contributed by atoms with Gasteiger partial charge in [-0.2, -0.15) is 4.31 Å². The number of carbonyl (C=O) groups is 2. The first-order valence-corrected chi connectivity index (χ1v) is 11.7. The van der Waals surface area contributed by atoms with Crippen LogP contribution < -0.4 is 10.1 Å². The molecule has 1 atom stereocenters. The third-order valence-electron chi connectivity index (χ3n) is 4.78. The molecule has 0 radical (unpaired) electrons.